The van der Waals surface area contributed by atoms with Crippen LogP contribution < -0.4 is 5.73 Å². The molecule has 0 aromatic rings. The molecule has 2 N–H and O–H groups in total. The van der Waals surface area contributed by atoms with Crippen molar-refractivity contribution in [3.8, 4) is 0 Å². The van der Waals surface area contributed by atoms with Crippen LogP contribution in [-0.4, -0.2) is 6.04 Å². The van der Waals surface area contributed by atoms with Gasteiger partial charge in [0.25, 0.3) is 0 Å². The Labute approximate surface area is 87.1 Å². The summed E-state index contributed by atoms with van der Waals surface area (Å²) in [5.74, 6) is 0.563. The highest BCUT2D eigenvalue weighted by Gasteiger charge is 2.35. The van der Waals surface area contributed by atoms with Crippen molar-refractivity contribution in [3.63, 3.8) is 0 Å². The molecule has 0 fully saturated rings. The van der Waals surface area contributed by atoms with Gasteiger partial charge in [0.2, 0.25) is 0 Å². The van der Waals surface area contributed by atoms with Gasteiger partial charge in [0.1, 0.15) is 0 Å². The molecule has 2 aliphatic carbocycles. The van der Waals surface area contributed by atoms with E-state index in [1.165, 1.54) is 19.3 Å². The van der Waals surface area contributed by atoms with E-state index in [1.54, 1.807) is 0 Å². The van der Waals surface area contributed by atoms with E-state index in [9.17, 15) is 0 Å². The molecule has 0 saturated carbocycles. The summed E-state index contributed by atoms with van der Waals surface area (Å²) in [6, 6.07) is 0.368. The lowest BCUT2D eigenvalue weighted by atomic mass is 9.66. The first-order chi connectivity index (χ1) is 6.72. The Balaban J connectivity index is 2.18. The lowest BCUT2D eigenvalue weighted by Crippen LogP contribution is -2.41. The van der Waals surface area contributed by atoms with Crippen LogP contribution >= 0.6 is 0 Å². The first-order valence-electron chi connectivity index (χ1n) is 5.82. The van der Waals surface area contributed by atoms with Gasteiger partial charge in [0.15, 0.2) is 0 Å². The second-order valence-electron chi connectivity index (χ2n) is 5.00. The maximum Gasteiger partial charge on any atom is 0.0113 e. The lowest BCUT2D eigenvalue weighted by molar-refractivity contribution is 0.222. The summed E-state index contributed by atoms with van der Waals surface area (Å²) in [7, 11) is 0. The van der Waals surface area contributed by atoms with Crippen LogP contribution in [0, 0.1) is 11.3 Å². The molecule has 14 heavy (non-hydrogen) atoms. The van der Waals surface area contributed by atoms with E-state index in [2.05, 4.69) is 31.2 Å². The molecular weight excluding hydrogens is 170 g/mol. The van der Waals surface area contributed by atoms with Crippen molar-refractivity contribution in [2.75, 3.05) is 0 Å². The van der Waals surface area contributed by atoms with E-state index in [0.717, 1.165) is 12.8 Å². The quantitative estimate of drug-likeness (QED) is 0.633. The number of hydrogen-bond donors (Lipinski definition) is 1. The van der Waals surface area contributed by atoms with E-state index in [-0.39, 0.29) is 0 Å². The van der Waals surface area contributed by atoms with Crippen LogP contribution in [0.15, 0.2) is 24.3 Å². The number of allylic oxidation sites excluding steroid dienone is 3. The van der Waals surface area contributed by atoms with Gasteiger partial charge >= 0.3 is 0 Å². The topological polar surface area (TPSA) is 26.0 Å². The third kappa shape index (κ3) is 1.78. The maximum atomic E-state index is 6.21. The standard InChI is InChI=1S/C13H21N/c1-13(9-5-2-6-10-13)11-7-3-4-8-12(11)14/h3,5,7,9,11-12H,2,4,6,8,10,14H2,1H3. The normalized spacial score (nSPS) is 42.7. The fourth-order valence-corrected chi connectivity index (χ4v) is 2.88. The zero-order chi connectivity index (χ0) is 10.0. The number of hydrogen-bond acceptors (Lipinski definition) is 1. The van der Waals surface area contributed by atoms with Crippen molar-refractivity contribution in [2.45, 2.75) is 45.1 Å². The second-order valence-corrected chi connectivity index (χ2v) is 5.00. The SMILES string of the molecule is CC1(C2C=CCCC2N)C=CCCC1. The minimum absolute atomic E-state index is 0.328. The highest BCUT2D eigenvalue weighted by atomic mass is 14.7. The fourth-order valence-electron chi connectivity index (χ4n) is 2.88. The van der Waals surface area contributed by atoms with Gasteiger partial charge in [-0.3, -0.25) is 0 Å². The molecule has 1 nitrogen and oxygen atoms in total. The second kappa shape index (κ2) is 3.90. The fraction of sp³-hybridized carbons (Fsp3) is 0.692. The van der Waals surface area contributed by atoms with Crippen LogP contribution in [-0.2, 0) is 0 Å². The largest absolute Gasteiger partial charge is 0.327 e. The van der Waals surface area contributed by atoms with Crippen molar-refractivity contribution >= 4 is 0 Å². The van der Waals surface area contributed by atoms with Crippen molar-refractivity contribution in [3.05, 3.63) is 24.3 Å². The monoisotopic (exact) mass is 191 g/mol. The summed E-state index contributed by atoms with van der Waals surface area (Å²) in [5, 5.41) is 0. The van der Waals surface area contributed by atoms with Gasteiger partial charge in [-0.2, -0.15) is 0 Å². The Kier molecular flexibility index (Phi) is 2.78. The number of nitrogens with two attached hydrogens (primary N) is 1. The highest BCUT2D eigenvalue weighted by Crippen LogP contribution is 2.42. The van der Waals surface area contributed by atoms with E-state index >= 15 is 0 Å². The average molecular weight is 191 g/mol. The van der Waals surface area contributed by atoms with Crippen LogP contribution in [0.4, 0.5) is 0 Å². The van der Waals surface area contributed by atoms with E-state index in [0.29, 0.717) is 17.4 Å². The van der Waals surface area contributed by atoms with Crippen molar-refractivity contribution < 1.29 is 0 Å². The zero-order valence-corrected chi connectivity index (χ0v) is 9.08. The van der Waals surface area contributed by atoms with Gasteiger partial charge in [-0.1, -0.05) is 31.2 Å². The summed E-state index contributed by atoms with van der Waals surface area (Å²) in [6.07, 6.45) is 15.6. The molecule has 0 radical (unpaired) electrons. The minimum Gasteiger partial charge on any atom is -0.327 e. The van der Waals surface area contributed by atoms with Crippen molar-refractivity contribution in [1.29, 1.82) is 0 Å². The van der Waals surface area contributed by atoms with Gasteiger partial charge in [-0.25, -0.2) is 0 Å². The number of rotatable bonds is 1. The Morgan fingerprint density at radius 1 is 1.29 bits per heavy atom. The van der Waals surface area contributed by atoms with Gasteiger partial charge in [-0.15, -0.1) is 0 Å². The molecule has 2 rings (SSSR count). The van der Waals surface area contributed by atoms with E-state index in [4.69, 9.17) is 5.73 Å². The summed E-state index contributed by atoms with van der Waals surface area (Å²) >= 11 is 0. The predicted octanol–water partition coefficient (Wildman–Crippen LogP) is 3.03. The highest BCUT2D eigenvalue weighted by molar-refractivity contribution is 5.13. The van der Waals surface area contributed by atoms with Crippen LogP contribution in [0.5, 0.6) is 0 Å². The first-order valence-corrected chi connectivity index (χ1v) is 5.82. The zero-order valence-electron chi connectivity index (χ0n) is 9.08. The molecule has 0 amide bonds. The molecule has 0 aromatic carbocycles. The predicted molar refractivity (Wildman–Crippen MR) is 60.9 cm³/mol. The molecule has 3 atom stereocenters. The Hall–Kier alpha value is -0.560. The molecule has 78 valence electrons. The molecule has 0 bridgehead atoms. The molecule has 0 aliphatic heterocycles. The van der Waals surface area contributed by atoms with Crippen LogP contribution in [0.1, 0.15) is 39.0 Å². The minimum atomic E-state index is 0.328. The summed E-state index contributed by atoms with van der Waals surface area (Å²) in [4.78, 5) is 0. The van der Waals surface area contributed by atoms with Crippen LogP contribution in [0.2, 0.25) is 0 Å². The molecular formula is C13H21N. The molecule has 3 unspecified atom stereocenters. The Bertz CT molecular complexity index is 254. The summed E-state index contributed by atoms with van der Waals surface area (Å²) < 4.78 is 0. The molecule has 2 aliphatic rings. The van der Waals surface area contributed by atoms with Crippen LogP contribution in [0.25, 0.3) is 0 Å². The summed E-state index contributed by atoms with van der Waals surface area (Å²) in [6.45, 7) is 2.36. The maximum absolute atomic E-state index is 6.21. The average Bonchev–Trinajstić information content (AvgIpc) is 2.19. The van der Waals surface area contributed by atoms with Gasteiger partial charge in [0, 0.05) is 12.0 Å². The molecule has 0 heterocycles. The molecule has 0 aromatic heterocycles. The molecule has 0 spiro atoms. The summed E-state index contributed by atoms with van der Waals surface area (Å²) in [5.41, 5.74) is 6.54. The first kappa shape index (κ1) is 9.97. The Morgan fingerprint density at radius 3 is 2.79 bits per heavy atom. The third-order valence-corrected chi connectivity index (χ3v) is 3.82. The smallest absolute Gasteiger partial charge is 0.0113 e. The molecule has 0 saturated heterocycles. The third-order valence-electron chi connectivity index (χ3n) is 3.82. The lowest BCUT2D eigenvalue weighted by Gasteiger charge is -2.40. The van der Waals surface area contributed by atoms with E-state index in [1.807, 2.05) is 0 Å². The Morgan fingerprint density at radius 2 is 2.14 bits per heavy atom. The van der Waals surface area contributed by atoms with Crippen molar-refractivity contribution in [1.82, 2.24) is 0 Å². The van der Waals surface area contributed by atoms with Crippen molar-refractivity contribution in [2.24, 2.45) is 17.1 Å². The van der Waals surface area contributed by atoms with Gasteiger partial charge in [0.05, 0.1) is 0 Å². The van der Waals surface area contributed by atoms with E-state index < -0.39 is 0 Å². The van der Waals surface area contributed by atoms with Gasteiger partial charge in [-0.05, 0) is 37.5 Å². The van der Waals surface area contributed by atoms with Gasteiger partial charge < -0.3 is 5.73 Å². The molecule has 1 heteroatoms. The van der Waals surface area contributed by atoms with Crippen LogP contribution in [0.3, 0.4) is 0 Å².